The third kappa shape index (κ3) is 4.01. The average molecular weight is 418 g/mol. The number of rotatable bonds is 5. The van der Waals surface area contributed by atoms with E-state index in [0.717, 1.165) is 28.6 Å². The molecule has 1 heterocycles. The Hall–Kier alpha value is -4.05. The number of hydrogen-bond donors (Lipinski definition) is 1. The molecule has 0 saturated carbocycles. The van der Waals surface area contributed by atoms with Crippen LogP contribution in [0.4, 0.5) is 13.2 Å². The van der Waals surface area contributed by atoms with Gasteiger partial charge in [0, 0.05) is 23.2 Å². The number of nitrogens with one attached hydrogen (secondary N) is 1. The first kappa shape index (κ1) is 20.2. The molecule has 4 nitrogen and oxygen atoms in total. The second-order valence-corrected chi connectivity index (χ2v) is 6.95. The number of fused-ring (bicyclic) bond motifs is 1. The zero-order chi connectivity index (χ0) is 22.0. The van der Waals surface area contributed by atoms with Gasteiger partial charge in [-0.15, -0.1) is 0 Å². The van der Waals surface area contributed by atoms with Crippen LogP contribution in [-0.4, -0.2) is 9.78 Å². The van der Waals surface area contributed by atoms with Crippen molar-refractivity contribution in [2.45, 2.75) is 12.7 Å². The van der Waals surface area contributed by atoms with Crippen molar-refractivity contribution in [1.29, 1.82) is 5.26 Å². The zero-order valence-electron chi connectivity index (χ0n) is 16.3. The topological polar surface area (TPSA) is 53.6 Å². The zero-order valence-corrected chi connectivity index (χ0v) is 16.3. The van der Waals surface area contributed by atoms with Crippen molar-refractivity contribution in [2.75, 3.05) is 0 Å². The fraction of sp³-hybridized carbons (Fsp3) is 0.0833. The summed E-state index contributed by atoms with van der Waals surface area (Å²) in [5.41, 5.74) is 3.13. The quantitative estimate of drug-likeness (QED) is 0.454. The molecular weight excluding hydrogens is 401 g/mol. The molecule has 0 aliphatic heterocycles. The fourth-order valence-corrected chi connectivity index (χ4v) is 3.42. The number of halogens is 3. The van der Waals surface area contributed by atoms with Gasteiger partial charge in [0.15, 0.2) is 0 Å². The molecule has 0 aliphatic rings. The van der Waals surface area contributed by atoms with Gasteiger partial charge in [-0.2, -0.15) is 23.5 Å². The normalized spacial score (nSPS) is 11.3. The van der Waals surface area contributed by atoms with Gasteiger partial charge < -0.3 is 5.32 Å². The van der Waals surface area contributed by atoms with Crippen LogP contribution in [-0.2, 0) is 12.7 Å². The Labute approximate surface area is 176 Å². The molecule has 154 valence electrons. The predicted molar refractivity (Wildman–Crippen MR) is 113 cm³/mol. The average Bonchev–Trinajstić information content (AvgIpc) is 3.21. The maximum atomic E-state index is 12.9. The van der Waals surface area contributed by atoms with E-state index in [4.69, 9.17) is 0 Å². The molecule has 0 aliphatic carbocycles. The summed E-state index contributed by atoms with van der Waals surface area (Å²) in [6, 6.07) is 20.1. The number of nitriles is 1. The van der Waals surface area contributed by atoms with Gasteiger partial charge >= 0.3 is 6.18 Å². The first-order valence-corrected chi connectivity index (χ1v) is 9.44. The molecule has 1 N–H and O–H groups in total. The van der Waals surface area contributed by atoms with Gasteiger partial charge in [-0.3, -0.25) is 0 Å². The summed E-state index contributed by atoms with van der Waals surface area (Å²) in [5, 5.41) is 17.8. The van der Waals surface area contributed by atoms with Crippen LogP contribution in [0.15, 0.2) is 79.5 Å². The van der Waals surface area contributed by atoms with E-state index in [1.807, 2.05) is 30.3 Å². The summed E-state index contributed by atoms with van der Waals surface area (Å²) in [6.07, 6.45) is -2.69. The number of benzene rings is 3. The SMILES string of the molecule is C=C(NCc1cccc(C(F)(F)F)c1)c1cccc2c1cnn2-c1ccccc1C#N. The maximum Gasteiger partial charge on any atom is 0.416 e. The van der Waals surface area contributed by atoms with Crippen LogP contribution in [0.2, 0.25) is 0 Å². The van der Waals surface area contributed by atoms with Gasteiger partial charge in [-0.25, -0.2) is 4.68 Å². The molecule has 4 rings (SSSR count). The minimum atomic E-state index is -4.38. The molecule has 0 bridgehead atoms. The molecule has 0 radical (unpaired) electrons. The van der Waals surface area contributed by atoms with Gasteiger partial charge in [-0.05, 0) is 35.9 Å². The molecule has 7 heteroatoms. The Balaban J connectivity index is 1.62. The van der Waals surface area contributed by atoms with E-state index >= 15 is 0 Å². The maximum absolute atomic E-state index is 12.9. The second kappa shape index (κ2) is 8.00. The largest absolute Gasteiger partial charge is 0.416 e. The first-order chi connectivity index (χ1) is 14.9. The van der Waals surface area contributed by atoms with Crippen LogP contribution < -0.4 is 5.32 Å². The van der Waals surface area contributed by atoms with E-state index in [9.17, 15) is 18.4 Å². The highest BCUT2D eigenvalue weighted by Gasteiger charge is 2.30. The van der Waals surface area contributed by atoms with E-state index in [2.05, 4.69) is 23.1 Å². The van der Waals surface area contributed by atoms with Gasteiger partial charge in [0.05, 0.1) is 28.5 Å². The van der Waals surface area contributed by atoms with E-state index in [1.54, 1.807) is 29.1 Å². The van der Waals surface area contributed by atoms with E-state index in [0.29, 0.717) is 22.5 Å². The molecule has 0 fully saturated rings. The van der Waals surface area contributed by atoms with Crippen molar-refractivity contribution < 1.29 is 13.2 Å². The van der Waals surface area contributed by atoms with E-state index in [1.165, 1.54) is 6.07 Å². The van der Waals surface area contributed by atoms with Crippen molar-refractivity contribution in [3.8, 4) is 11.8 Å². The molecule has 3 aromatic carbocycles. The predicted octanol–water partition coefficient (Wildman–Crippen LogP) is 5.68. The molecule has 0 saturated heterocycles. The third-order valence-corrected chi connectivity index (χ3v) is 4.95. The van der Waals surface area contributed by atoms with E-state index in [-0.39, 0.29) is 6.54 Å². The van der Waals surface area contributed by atoms with Gasteiger partial charge in [0.25, 0.3) is 0 Å². The molecule has 1 aromatic heterocycles. The van der Waals surface area contributed by atoms with Crippen LogP contribution in [0.1, 0.15) is 22.3 Å². The van der Waals surface area contributed by atoms with Crippen LogP contribution in [0.25, 0.3) is 22.3 Å². The number of para-hydroxylation sites is 1. The van der Waals surface area contributed by atoms with Gasteiger partial charge in [0.2, 0.25) is 0 Å². The number of alkyl halides is 3. The molecule has 0 spiro atoms. The number of hydrogen-bond acceptors (Lipinski definition) is 3. The summed E-state index contributed by atoms with van der Waals surface area (Å²) >= 11 is 0. The summed E-state index contributed by atoms with van der Waals surface area (Å²) in [5.74, 6) is 0. The molecule has 31 heavy (non-hydrogen) atoms. The molecule has 0 unspecified atom stereocenters. The molecule has 0 atom stereocenters. The van der Waals surface area contributed by atoms with E-state index < -0.39 is 11.7 Å². The lowest BCUT2D eigenvalue weighted by atomic mass is 10.1. The third-order valence-electron chi connectivity index (χ3n) is 4.95. The lowest BCUT2D eigenvalue weighted by Gasteiger charge is -2.13. The van der Waals surface area contributed by atoms with Crippen molar-refractivity contribution in [3.63, 3.8) is 0 Å². The Kier molecular flexibility index (Phi) is 5.22. The molecular formula is C24H17F3N4. The van der Waals surface area contributed by atoms with Crippen LogP contribution in [0.3, 0.4) is 0 Å². The van der Waals surface area contributed by atoms with Crippen molar-refractivity contribution >= 4 is 16.6 Å². The standard InChI is InChI=1S/C24H17F3N4/c1-16(29-14-17-6-4-8-19(12-17)24(25,26)27)20-9-5-11-23-21(20)15-30-31(23)22-10-3-2-7-18(22)13-28/h2-12,15,29H,1,14H2. The highest BCUT2D eigenvalue weighted by molar-refractivity contribution is 5.91. The summed E-state index contributed by atoms with van der Waals surface area (Å²) in [7, 11) is 0. The molecule has 4 aromatic rings. The minimum absolute atomic E-state index is 0.199. The van der Waals surface area contributed by atoms with Gasteiger partial charge in [-0.1, -0.05) is 43.0 Å². The summed E-state index contributed by atoms with van der Waals surface area (Å²) < 4.78 is 40.5. The second-order valence-electron chi connectivity index (χ2n) is 6.95. The Morgan fingerprint density at radius 3 is 2.61 bits per heavy atom. The minimum Gasteiger partial charge on any atom is -0.381 e. The highest BCUT2D eigenvalue weighted by Crippen LogP contribution is 2.30. The lowest BCUT2D eigenvalue weighted by molar-refractivity contribution is -0.137. The highest BCUT2D eigenvalue weighted by atomic mass is 19.4. The van der Waals surface area contributed by atoms with Crippen molar-refractivity contribution in [2.24, 2.45) is 0 Å². The fourth-order valence-electron chi connectivity index (χ4n) is 3.42. The summed E-state index contributed by atoms with van der Waals surface area (Å²) in [6.45, 7) is 4.25. The van der Waals surface area contributed by atoms with Gasteiger partial charge in [0.1, 0.15) is 6.07 Å². The smallest absolute Gasteiger partial charge is 0.381 e. The number of aromatic nitrogens is 2. The van der Waals surface area contributed by atoms with Crippen LogP contribution in [0.5, 0.6) is 0 Å². The van der Waals surface area contributed by atoms with Crippen molar-refractivity contribution in [1.82, 2.24) is 15.1 Å². The van der Waals surface area contributed by atoms with Crippen LogP contribution in [0, 0.1) is 11.3 Å². The molecule has 0 amide bonds. The van der Waals surface area contributed by atoms with Crippen LogP contribution >= 0.6 is 0 Å². The lowest BCUT2D eigenvalue weighted by Crippen LogP contribution is -2.12. The Morgan fingerprint density at radius 2 is 1.84 bits per heavy atom. The Morgan fingerprint density at radius 1 is 1.06 bits per heavy atom. The Bertz CT molecular complexity index is 1310. The van der Waals surface area contributed by atoms with Crippen molar-refractivity contribution in [3.05, 3.63) is 102 Å². The first-order valence-electron chi connectivity index (χ1n) is 9.44. The number of nitrogens with zero attached hydrogens (tertiary/aromatic N) is 3. The monoisotopic (exact) mass is 418 g/mol. The summed E-state index contributed by atoms with van der Waals surface area (Å²) in [4.78, 5) is 0.